The number of rotatable bonds is 4. The molecule has 7 heteroatoms. The summed E-state index contributed by atoms with van der Waals surface area (Å²) in [6.45, 7) is 0. The van der Waals surface area contributed by atoms with Gasteiger partial charge in [-0.05, 0) is 17.7 Å². The normalized spacial score (nSPS) is 10.7. The second kappa shape index (κ2) is 5.46. The fraction of sp³-hybridized carbons (Fsp3) is 0.0833. The molecule has 0 amide bonds. The first kappa shape index (κ1) is 13.0. The summed E-state index contributed by atoms with van der Waals surface area (Å²) in [7, 11) is -3.68. The van der Waals surface area contributed by atoms with Crippen molar-refractivity contribution in [3.05, 3.63) is 48.4 Å². The average Bonchev–Trinajstić information content (AvgIpc) is 2.40. The van der Waals surface area contributed by atoms with Gasteiger partial charge in [-0.25, -0.2) is 13.4 Å². The van der Waals surface area contributed by atoms with Gasteiger partial charge < -0.3 is 0 Å². The van der Waals surface area contributed by atoms with Crippen LogP contribution in [0.2, 0.25) is 0 Å². The Kier molecular flexibility index (Phi) is 3.73. The number of anilines is 1. The highest BCUT2D eigenvalue weighted by Gasteiger charge is 2.14. The molecule has 1 aromatic carbocycles. The standard InChI is InChI=1S/C12H10N4O2S/c13-6-5-10-1-3-11(4-2-10)19(17,18)16-12-9-14-7-8-15-12/h1-4,7-9H,5H2,(H,15,16). The Bertz CT molecular complexity index is 691. The number of hydrogen-bond donors (Lipinski definition) is 1. The maximum atomic E-state index is 12.0. The molecule has 6 nitrogen and oxygen atoms in total. The van der Waals surface area contributed by atoms with Crippen LogP contribution in [0, 0.1) is 11.3 Å². The summed E-state index contributed by atoms with van der Waals surface area (Å²) < 4.78 is 26.4. The van der Waals surface area contributed by atoms with Gasteiger partial charge in [-0.3, -0.25) is 9.71 Å². The highest BCUT2D eigenvalue weighted by Crippen LogP contribution is 2.14. The molecule has 0 saturated heterocycles. The van der Waals surface area contributed by atoms with Crippen LogP contribution in [-0.2, 0) is 16.4 Å². The first-order chi connectivity index (χ1) is 9.12. The molecule has 0 atom stereocenters. The van der Waals surface area contributed by atoms with Crippen molar-refractivity contribution in [1.82, 2.24) is 9.97 Å². The van der Waals surface area contributed by atoms with Crippen molar-refractivity contribution in [2.24, 2.45) is 0 Å². The van der Waals surface area contributed by atoms with Gasteiger partial charge in [0.25, 0.3) is 10.0 Å². The topological polar surface area (TPSA) is 95.7 Å². The van der Waals surface area contributed by atoms with Crippen molar-refractivity contribution >= 4 is 15.8 Å². The molecule has 0 spiro atoms. The van der Waals surface area contributed by atoms with Gasteiger partial charge >= 0.3 is 0 Å². The van der Waals surface area contributed by atoms with Crippen LogP contribution in [0.1, 0.15) is 5.56 Å². The molecule has 1 heterocycles. The third kappa shape index (κ3) is 3.26. The molecule has 1 N–H and O–H groups in total. The minimum Gasteiger partial charge on any atom is -0.262 e. The summed E-state index contributed by atoms with van der Waals surface area (Å²) in [5, 5.41) is 8.55. The molecular formula is C12H10N4O2S. The third-order valence-corrected chi connectivity index (χ3v) is 3.69. The Labute approximate surface area is 110 Å². The zero-order valence-corrected chi connectivity index (χ0v) is 10.6. The van der Waals surface area contributed by atoms with E-state index in [0.717, 1.165) is 5.56 Å². The van der Waals surface area contributed by atoms with Crippen LogP contribution in [-0.4, -0.2) is 18.4 Å². The van der Waals surface area contributed by atoms with Crippen LogP contribution in [0.5, 0.6) is 0 Å². The molecule has 19 heavy (non-hydrogen) atoms. The minimum atomic E-state index is -3.68. The molecule has 0 aliphatic heterocycles. The number of aromatic nitrogens is 2. The quantitative estimate of drug-likeness (QED) is 0.907. The number of benzene rings is 1. The van der Waals surface area contributed by atoms with E-state index in [4.69, 9.17) is 5.26 Å². The van der Waals surface area contributed by atoms with Crippen LogP contribution in [0.25, 0.3) is 0 Å². The number of sulfonamides is 1. The Balaban J connectivity index is 2.23. The number of nitrogens with one attached hydrogen (secondary N) is 1. The Hall–Kier alpha value is -2.46. The molecule has 0 fully saturated rings. The van der Waals surface area contributed by atoms with E-state index in [1.54, 1.807) is 12.1 Å². The summed E-state index contributed by atoms with van der Waals surface area (Å²) in [4.78, 5) is 7.73. The smallest absolute Gasteiger partial charge is 0.262 e. The predicted octanol–water partition coefficient (Wildman–Crippen LogP) is 1.34. The van der Waals surface area contributed by atoms with Crippen LogP contribution >= 0.6 is 0 Å². The van der Waals surface area contributed by atoms with E-state index in [1.165, 1.54) is 30.7 Å². The number of nitrogens with zero attached hydrogens (tertiary/aromatic N) is 3. The van der Waals surface area contributed by atoms with Gasteiger partial charge in [0.1, 0.15) is 0 Å². The molecule has 0 aliphatic carbocycles. The number of nitriles is 1. The first-order valence-corrected chi connectivity index (χ1v) is 6.85. The predicted molar refractivity (Wildman–Crippen MR) is 68.6 cm³/mol. The molecule has 1 aromatic heterocycles. The lowest BCUT2D eigenvalue weighted by Gasteiger charge is -2.06. The summed E-state index contributed by atoms with van der Waals surface area (Å²) in [5.74, 6) is 0.156. The molecule has 0 saturated carbocycles. The lowest BCUT2D eigenvalue weighted by molar-refractivity contribution is 0.601. The first-order valence-electron chi connectivity index (χ1n) is 5.36. The maximum absolute atomic E-state index is 12.0. The van der Waals surface area contributed by atoms with Crippen LogP contribution in [0.15, 0.2) is 47.8 Å². The largest absolute Gasteiger partial charge is 0.263 e. The van der Waals surface area contributed by atoms with E-state index in [2.05, 4.69) is 14.7 Å². The number of hydrogen-bond acceptors (Lipinski definition) is 5. The third-order valence-electron chi connectivity index (χ3n) is 2.32. The van der Waals surface area contributed by atoms with Gasteiger partial charge in [0.15, 0.2) is 5.82 Å². The molecule has 2 rings (SSSR count). The highest BCUT2D eigenvalue weighted by molar-refractivity contribution is 7.92. The Morgan fingerprint density at radius 3 is 2.53 bits per heavy atom. The lowest BCUT2D eigenvalue weighted by Crippen LogP contribution is -2.14. The molecular weight excluding hydrogens is 264 g/mol. The summed E-state index contributed by atoms with van der Waals surface area (Å²) in [6, 6.07) is 8.11. The minimum absolute atomic E-state index is 0.111. The van der Waals surface area contributed by atoms with E-state index in [1.807, 2.05) is 6.07 Å². The van der Waals surface area contributed by atoms with Crippen LogP contribution < -0.4 is 4.72 Å². The monoisotopic (exact) mass is 274 g/mol. The fourth-order valence-electron chi connectivity index (χ4n) is 1.43. The molecule has 0 radical (unpaired) electrons. The van der Waals surface area contributed by atoms with Gasteiger partial charge in [-0.15, -0.1) is 0 Å². The van der Waals surface area contributed by atoms with Crippen LogP contribution in [0.4, 0.5) is 5.82 Å². The van der Waals surface area contributed by atoms with Gasteiger partial charge in [0, 0.05) is 12.4 Å². The van der Waals surface area contributed by atoms with E-state index in [-0.39, 0.29) is 17.1 Å². The van der Waals surface area contributed by atoms with Crippen LogP contribution in [0.3, 0.4) is 0 Å². The van der Waals surface area contributed by atoms with Gasteiger partial charge in [-0.2, -0.15) is 5.26 Å². The average molecular weight is 274 g/mol. The lowest BCUT2D eigenvalue weighted by atomic mass is 10.2. The Morgan fingerprint density at radius 1 is 1.21 bits per heavy atom. The SMILES string of the molecule is N#CCc1ccc(S(=O)(=O)Nc2cnccn2)cc1. The van der Waals surface area contributed by atoms with Crippen molar-refractivity contribution in [3.8, 4) is 6.07 Å². The zero-order valence-electron chi connectivity index (χ0n) is 9.81. The molecule has 0 bridgehead atoms. The van der Waals surface area contributed by atoms with Gasteiger partial charge in [-0.1, -0.05) is 12.1 Å². The second-order valence-corrected chi connectivity index (χ2v) is 5.36. The van der Waals surface area contributed by atoms with E-state index >= 15 is 0 Å². The summed E-state index contributed by atoms with van der Waals surface area (Å²) in [6.07, 6.45) is 4.42. The molecule has 0 aliphatic rings. The Morgan fingerprint density at radius 2 is 1.95 bits per heavy atom. The van der Waals surface area contributed by atoms with E-state index in [0.29, 0.717) is 0 Å². The van der Waals surface area contributed by atoms with Crippen molar-refractivity contribution in [3.63, 3.8) is 0 Å². The van der Waals surface area contributed by atoms with Gasteiger partial charge in [0.05, 0.1) is 23.6 Å². The van der Waals surface area contributed by atoms with E-state index in [9.17, 15) is 8.42 Å². The zero-order chi connectivity index (χ0) is 13.7. The van der Waals surface area contributed by atoms with Crippen molar-refractivity contribution in [2.45, 2.75) is 11.3 Å². The molecule has 96 valence electrons. The molecule has 2 aromatic rings. The van der Waals surface area contributed by atoms with Crippen molar-refractivity contribution in [1.29, 1.82) is 5.26 Å². The van der Waals surface area contributed by atoms with Crippen molar-refractivity contribution in [2.75, 3.05) is 4.72 Å². The highest BCUT2D eigenvalue weighted by atomic mass is 32.2. The molecule has 0 unspecified atom stereocenters. The fourth-order valence-corrected chi connectivity index (χ4v) is 2.42. The second-order valence-electron chi connectivity index (χ2n) is 3.67. The van der Waals surface area contributed by atoms with E-state index < -0.39 is 10.0 Å². The van der Waals surface area contributed by atoms with Crippen molar-refractivity contribution < 1.29 is 8.42 Å². The maximum Gasteiger partial charge on any atom is 0.263 e. The van der Waals surface area contributed by atoms with Gasteiger partial charge in [0.2, 0.25) is 0 Å². The summed E-state index contributed by atoms with van der Waals surface area (Å²) >= 11 is 0. The summed E-state index contributed by atoms with van der Waals surface area (Å²) in [5.41, 5.74) is 0.765.